The SMILES string of the molecule is CC(=O)O.CC(=O)O.O=c1cccc(O)[nH]1. The molecule has 0 radical (unpaired) electrons. The van der Waals surface area contributed by atoms with Crippen molar-refractivity contribution in [2.24, 2.45) is 0 Å². The smallest absolute Gasteiger partial charge is 0.300 e. The maximum atomic E-state index is 10.3. The maximum Gasteiger partial charge on any atom is 0.300 e. The molecule has 90 valence electrons. The average molecular weight is 231 g/mol. The molecule has 1 aromatic rings. The topological polar surface area (TPSA) is 128 Å². The van der Waals surface area contributed by atoms with Crippen molar-refractivity contribution in [2.45, 2.75) is 13.8 Å². The summed E-state index contributed by atoms with van der Waals surface area (Å²) in [6.45, 7) is 2.17. The number of aromatic hydroxyl groups is 1. The van der Waals surface area contributed by atoms with E-state index in [1.807, 2.05) is 0 Å². The summed E-state index contributed by atoms with van der Waals surface area (Å²) in [5.41, 5.74) is -0.287. The first-order valence-corrected chi connectivity index (χ1v) is 4.03. The summed E-state index contributed by atoms with van der Waals surface area (Å²) in [4.78, 5) is 30.4. The van der Waals surface area contributed by atoms with Crippen molar-refractivity contribution in [3.05, 3.63) is 28.6 Å². The molecular formula is C9H13NO6. The number of hydrogen-bond acceptors (Lipinski definition) is 4. The van der Waals surface area contributed by atoms with Crippen LogP contribution < -0.4 is 5.56 Å². The minimum absolute atomic E-state index is 0.0995. The van der Waals surface area contributed by atoms with Crippen molar-refractivity contribution in [1.82, 2.24) is 4.98 Å². The Bertz CT molecular complexity index is 364. The molecule has 0 unspecified atom stereocenters. The summed E-state index contributed by atoms with van der Waals surface area (Å²) < 4.78 is 0. The number of H-pyrrole nitrogens is 1. The lowest BCUT2D eigenvalue weighted by atomic mass is 10.5. The largest absolute Gasteiger partial charge is 0.495 e. The summed E-state index contributed by atoms with van der Waals surface area (Å²) >= 11 is 0. The number of hydrogen-bond donors (Lipinski definition) is 4. The molecule has 0 saturated heterocycles. The monoisotopic (exact) mass is 231 g/mol. The Balaban J connectivity index is 0. The second-order valence-corrected chi connectivity index (χ2v) is 2.44. The summed E-state index contributed by atoms with van der Waals surface area (Å²) in [5.74, 6) is -1.77. The van der Waals surface area contributed by atoms with Gasteiger partial charge in [0.2, 0.25) is 0 Å². The number of carboxylic acids is 2. The van der Waals surface area contributed by atoms with Crippen molar-refractivity contribution in [3.63, 3.8) is 0 Å². The summed E-state index contributed by atoms with van der Waals surface area (Å²) in [6, 6.07) is 4.22. The maximum absolute atomic E-state index is 10.3. The number of rotatable bonds is 0. The lowest BCUT2D eigenvalue weighted by Crippen LogP contribution is -2.00. The number of carbonyl (C=O) groups is 2. The van der Waals surface area contributed by atoms with Crippen LogP contribution in [-0.4, -0.2) is 32.2 Å². The van der Waals surface area contributed by atoms with Gasteiger partial charge in [0.1, 0.15) is 0 Å². The number of aromatic nitrogens is 1. The molecule has 0 aliphatic rings. The highest BCUT2D eigenvalue weighted by Crippen LogP contribution is 1.93. The highest BCUT2D eigenvalue weighted by atomic mass is 16.4. The van der Waals surface area contributed by atoms with E-state index in [9.17, 15) is 4.79 Å². The summed E-state index contributed by atoms with van der Waals surface area (Å²) in [6.07, 6.45) is 0. The van der Waals surface area contributed by atoms with Crippen molar-refractivity contribution in [2.75, 3.05) is 0 Å². The molecular weight excluding hydrogens is 218 g/mol. The van der Waals surface area contributed by atoms with Crippen LogP contribution >= 0.6 is 0 Å². The Morgan fingerprint density at radius 3 is 1.69 bits per heavy atom. The first kappa shape index (κ1) is 16.1. The molecule has 4 N–H and O–H groups in total. The summed E-state index contributed by atoms with van der Waals surface area (Å²) in [7, 11) is 0. The van der Waals surface area contributed by atoms with Crippen molar-refractivity contribution >= 4 is 11.9 Å². The van der Waals surface area contributed by atoms with Gasteiger partial charge in [-0.2, -0.15) is 0 Å². The van der Waals surface area contributed by atoms with Crippen LogP contribution in [0, 0.1) is 0 Å². The lowest BCUT2D eigenvalue weighted by Gasteiger charge is -1.84. The van der Waals surface area contributed by atoms with Gasteiger partial charge in [0.15, 0.2) is 5.88 Å². The predicted molar refractivity (Wildman–Crippen MR) is 55.3 cm³/mol. The molecule has 7 heteroatoms. The lowest BCUT2D eigenvalue weighted by molar-refractivity contribution is -0.135. The third-order valence-electron chi connectivity index (χ3n) is 0.753. The third kappa shape index (κ3) is 22.6. The van der Waals surface area contributed by atoms with Crippen molar-refractivity contribution in [1.29, 1.82) is 0 Å². The van der Waals surface area contributed by atoms with Gasteiger partial charge in [-0.25, -0.2) is 0 Å². The molecule has 1 rings (SSSR count). The molecule has 7 nitrogen and oxygen atoms in total. The minimum atomic E-state index is -0.833. The zero-order valence-electron chi connectivity index (χ0n) is 8.80. The molecule has 0 aromatic carbocycles. The van der Waals surface area contributed by atoms with Gasteiger partial charge in [0, 0.05) is 19.9 Å². The Morgan fingerprint density at radius 1 is 1.12 bits per heavy atom. The molecule has 1 heterocycles. The van der Waals surface area contributed by atoms with E-state index in [0.29, 0.717) is 0 Å². The van der Waals surface area contributed by atoms with E-state index >= 15 is 0 Å². The highest BCUT2D eigenvalue weighted by Gasteiger charge is 1.81. The molecule has 0 atom stereocenters. The Hall–Kier alpha value is -2.31. The van der Waals surface area contributed by atoms with E-state index in [1.165, 1.54) is 18.2 Å². The van der Waals surface area contributed by atoms with Gasteiger partial charge in [-0.3, -0.25) is 19.4 Å². The standard InChI is InChI=1S/C5H5NO2.2C2H4O2/c7-4-2-1-3-5(8)6-4;2*1-2(3)4/h1-3H,(H2,6,7,8);2*1H3,(H,3,4). The fourth-order valence-corrected chi connectivity index (χ4v) is 0.436. The second kappa shape index (κ2) is 9.25. The van der Waals surface area contributed by atoms with Crippen LogP contribution in [0.1, 0.15) is 13.8 Å². The number of carboxylic acid groups (broad SMARTS) is 2. The fourth-order valence-electron chi connectivity index (χ4n) is 0.436. The van der Waals surface area contributed by atoms with Gasteiger partial charge in [-0.1, -0.05) is 6.07 Å². The normalized spacial score (nSPS) is 7.62. The van der Waals surface area contributed by atoms with Gasteiger partial charge in [0.25, 0.3) is 17.5 Å². The van der Waals surface area contributed by atoms with E-state index in [2.05, 4.69) is 4.98 Å². The first-order chi connectivity index (χ1) is 7.25. The fraction of sp³-hybridized carbons (Fsp3) is 0.222. The molecule has 0 aliphatic heterocycles. The Kier molecular flexibility index (Phi) is 9.33. The van der Waals surface area contributed by atoms with Crippen LogP contribution in [0.15, 0.2) is 23.0 Å². The van der Waals surface area contributed by atoms with Crippen LogP contribution in [-0.2, 0) is 9.59 Å². The van der Waals surface area contributed by atoms with E-state index in [-0.39, 0.29) is 11.4 Å². The number of nitrogens with one attached hydrogen (secondary N) is 1. The molecule has 0 fully saturated rings. The quantitative estimate of drug-likeness (QED) is 0.507. The Morgan fingerprint density at radius 2 is 1.50 bits per heavy atom. The van der Waals surface area contributed by atoms with Crippen molar-refractivity contribution in [3.8, 4) is 5.88 Å². The average Bonchev–Trinajstić information content (AvgIpc) is 2.00. The molecule has 16 heavy (non-hydrogen) atoms. The number of aliphatic carboxylic acids is 2. The van der Waals surface area contributed by atoms with E-state index in [4.69, 9.17) is 24.9 Å². The van der Waals surface area contributed by atoms with Gasteiger partial charge in [-0.15, -0.1) is 0 Å². The van der Waals surface area contributed by atoms with Crippen LogP contribution in [0.2, 0.25) is 0 Å². The number of pyridine rings is 1. The van der Waals surface area contributed by atoms with E-state index in [1.54, 1.807) is 0 Å². The van der Waals surface area contributed by atoms with Crippen molar-refractivity contribution < 1.29 is 24.9 Å². The van der Waals surface area contributed by atoms with Gasteiger partial charge in [-0.05, 0) is 6.07 Å². The van der Waals surface area contributed by atoms with Gasteiger partial charge < -0.3 is 15.3 Å². The zero-order valence-corrected chi connectivity index (χ0v) is 8.80. The first-order valence-electron chi connectivity index (χ1n) is 4.03. The molecule has 1 aromatic heterocycles. The predicted octanol–water partition coefficient (Wildman–Crippen LogP) is 0.262. The number of aromatic amines is 1. The second-order valence-electron chi connectivity index (χ2n) is 2.44. The van der Waals surface area contributed by atoms with Crippen LogP contribution in [0.5, 0.6) is 5.88 Å². The third-order valence-corrected chi connectivity index (χ3v) is 0.753. The van der Waals surface area contributed by atoms with Crippen LogP contribution in [0.3, 0.4) is 0 Å². The van der Waals surface area contributed by atoms with E-state index in [0.717, 1.165) is 13.8 Å². The molecule has 0 amide bonds. The molecule has 0 bridgehead atoms. The van der Waals surface area contributed by atoms with Crippen LogP contribution in [0.4, 0.5) is 0 Å². The molecule has 0 saturated carbocycles. The zero-order chi connectivity index (χ0) is 13.1. The molecule has 0 aliphatic carbocycles. The minimum Gasteiger partial charge on any atom is -0.495 e. The molecule has 0 spiro atoms. The van der Waals surface area contributed by atoms with Crippen LogP contribution in [0.25, 0.3) is 0 Å². The summed E-state index contributed by atoms with van der Waals surface area (Å²) in [5, 5.41) is 23.4. The van der Waals surface area contributed by atoms with Gasteiger partial charge in [0.05, 0.1) is 0 Å². The Labute approximate surface area is 91.0 Å². The van der Waals surface area contributed by atoms with Gasteiger partial charge >= 0.3 is 0 Å². The van der Waals surface area contributed by atoms with E-state index < -0.39 is 11.9 Å². The highest BCUT2D eigenvalue weighted by molar-refractivity contribution is 5.63.